The molecule has 2 N–H and O–H groups in total. The number of aromatic nitrogens is 4. The lowest BCUT2D eigenvalue weighted by molar-refractivity contribution is 0.340. The van der Waals surface area contributed by atoms with Crippen LogP contribution in [0.15, 0.2) is 30.0 Å². The molecule has 0 aliphatic carbocycles. The molecule has 148 valence electrons. The maximum atomic E-state index is 9.64. The first kappa shape index (κ1) is 19.2. The molecule has 9 heteroatoms. The Balaban J connectivity index is 1.69. The number of nitrogen functional groups attached to an aromatic ring is 1. The van der Waals surface area contributed by atoms with E-state index in [4.69, 9.17) is 10.7 Å². The van der Waals surface area contributed by atoms with Crippen molar-refractivity contribution in [3.8, 4) is 28.2 Å². The summed E-state index contributed by atoms with van der Waals surface area (Å²) in [5, 5.41) is 12.3. The standard InChI is InChI=1S/C20H22N8S/c1-27(2)11-13-3-5-28(12-13)18-10-23-9-17(25-18)19-14(8-21)15(22)7-16(26-19)20-24-4-6-29-20/h4,6-7,9-10,13H,3,5,11-12H2,1-2H3,(H2,22,26). The molecule has 0 spiro atoms. The second-order valence-corrected chi connectivity index (χ2v) is 8.29. The van der Waals surface area contributed by atoms with Crippen molar-refractivity contribution in [2.45, 2.75) is 6.42 Å². The predicted molar refractivity (Wildman–Crippen MR) is 114 cm³/mol. The topological polar surface area (TPSA) is 108 Å². The number of thiazole rings is 1. The zero-order valence-electron chi connectivity index (χ0n) is 16.4. The SMILES string of the molecule is CN(C)CC1CCN(c2cncc(-c3nc(-c4nccs4)cc(N)c3C#N)n2)C1. The first-order valence-corrected chi connectivity index (χ1v) is 10.3. The molecule has 3 aromatic rings. The van der Waals surface area contributed by atoms with Gasteiger partial charge in [-0.15, -0.1) is 11.3 Å². The second-order valence-electron chi connectivity index (χ2n) is 7.39. The van der Waals surface area contributed by atoms with Crippen LogP contribution in [0.25, 0.3) is 22.1 Å². The van der Waals surface area contributed by atoms with Crippen molar-refractivity contribution in [3.63, 3.8) is 0 Å². The van der Waals surface area contributed by atoms with E-state index in [2.05, 4.69) is 44.9 Å². The molecule has 3 aromatic heterocycles. The molecule has 1 saturated heterocycles. The van der Waals surface area contributed by atoms with E-state index in [1.807, 2.05) is 5.38 Å². The van der Waals surface area contributed by atoms with Gasteiger partial charge in [0.25, 0.3) is 0 Å². The highest BCUT2D eigenvalue weighted by Crippen LogP contribution is 2.31. The number of hydrogen-bond acceptors (Lipinski definition) is 9. The molecule has 0 amide bonds. The third kappa shape index (κ3) is 4.04. The third-order valence-electron chi connectivity index (χ3n) is 4.91. The fourth-order valence-corrected chi connectivity index (χ4v) is 4.25. The van der Waals surface area contributed by atoms with E-state index in [-0.39, 0.29) is 0 Å². The van der Waals surface area contributed by atoms with E-state index in [0.29, 0.717) is 34.3 Å². The highest BCUT2D eigenvalue weighted by Gasteiger charge is 2.25. The van der Waals surface area contributed by atoms with Gasteiger partial charge < -0.3 is 15.5 Å². The van der Waals surface area contributed by atoms with Gasteiger partial charge in [0.05, 0.1) is 18.1 Å². The average molecular weight is 407 g/mol. The van der Waals surface area contributed by atoms with Crippen LogP contribution in [-0.4, -0.2) is 58.6 Å². The van der Waals surface area contributed by atoms with Crippen LogP contribution in [0.5, 0.6) is 0 Å². The van der Waals surface area contributed by atoms with E-state index in [9.17, 15) is 5.26 Å². The van der Waals surface area contributed by atoms with Crippen LogP contribution in [0.4, 0.5) is 11.5 Å². The summed E-state index contributed by atoms with van der Waals surface area (Å²) in [6.07, 6.45) is 6.23. The Bertz CT molecular complexity index is 1040. The largest absolute Gasteiger partial charge is 0.398 e. The minimum atomic E-state index is 0.309. The van der Waals surface area contributed by atoms with E-state index in [0.717, 1.165) is 36.9 Å². The van der Waals surface area contributed by atoms with E-state index in [1.165, 1.54) is 11.3 Å². The van der Waals surface area contributed by atoms with E-state index >= 15 is 0 Å². The zero-order valence-corrected chi connectivity index (χ0v) is 17.2. The van der Waals surface area contributed by atoms with Crippen LogP contribution in [0, 0.1) is 17.2 Å². The van der Waals surface area contributed by atoms with Gasteiger partial charge in [-0.25, -0.2) is 15.0 Å². The summed E-state index contributed by atoms with van der Waals surface area (Å²) in [5.41, 5.74) is 8.44. The van der Waals surface area contributed by atoms with Gasteiger partial charge in [-0.2, -0.15) is 5.26 Å². The van der Waals surface area contributed by atoms with Crippen molar-refractivity contribution in [1.82, 2.24) is 24.8 Å². The summed E-state index contributed by atoms with van der Waals surface area (Å²) in [6, 6.07) is 3.85. The Labute approximate surface area is 173 Å². The quantitative estimate of drug-likeness (QED) is 0.688. The molecule has 0 bridgehead atoms. The summed E-state index contributed by atoms with van der Waals surface area (Å²) >= 11 is 1.47. The molecule has 8 nitrogen and oxygen atoms in total. The van der Waals surface area contributed by atoms with Crippen LogP contribution < -0.4 is 10.6 Å². The molecule has 4 rings (SSSR count). The zero-order chi connectivity index (χ0) is 20.4. The molecule has 1 fully saturated rings. The van der Waals surface area contributed by atoms with Crippen molar-refractivity contribution >= 4 is 22.8 Å². The average Bonchev–Trinajstić information content (AvgIpc) is 3.39. The summed E-state index contributed by atoms with van der Waals surface area (Å²) in [6.45, 7) is 2.93. The maximum Gasteiger partial charge on any atom is 0.147 e. The fourth-order valence-electron chi connectivity index (χ4n) is 3.66. The highest BCUT2D eigenvalue weighted by molar-refractivity contribution is 7.13. The summed E-state index contributed by atoms with van der Waals surface area (Å²) in [4.78, 5) is 22.6. The van der Waals surface area contributed by atoms with Crippen LogP contribution in [0.3, 0.4) is 0 Å². The fraction of sp³-hybridized carbons (Fsp3) is 0.350. The summed E-state index contributed by atoms with van der Waals surface area (Å²) < 4.78 is 0. The predicted octanol–water partition coefficient (Wildman–Crippen LogP) is 2.50. The Hall–Kier alpha value is -3.09. The van der Waals surface area contributed by atoms with Gasteiger partial charge in [0.15, 0.2) is 0 Å². The number of rotatable bonds is 5. The molecule has 0 saturated carbocycles. The van der Waals surface area contributed by atoms with E-state index < -0.39 is 0 Å². The first-order valence-electron chi connectivity index (χ1n) is 9.37. The van der Waals surface area contributed by atoms with Crippen LogP contribution in [0.1, 0.15) is 12.0 Å². The van der Waals surface area contributed by atoms with Crippen molar-refractivity contribution in [2.75, 3.05) is 44.4 Å². The minimum absolute atomic E-state index is 0.309. The monoisotopic (exact) mass is 406 g/mol. The normalized spacial score (nSPS) is 16.3. The van der Waals surface area contributed by atoms with Gasteiger partial charge in [0.1, 0.15) is 39.5 Å². The smallest absolute Gasteiger partial charge is 0.147 e. The van der Waals surface area contributed by atoms with Crippen molar-refractivity contribution < 1.29 is 0 Å². The number of nitriles is 1. The lowest BCUT2D eigenvalue weighted by atomic mass is 10.1. The molecular formula is C20H22N8S. The lowest BCUT2D eigenvalue weighted by Gasteiger charge is -2.19. The van der Waals surface area contributed by atoms with E-state index in [1.54, 1.807) is 24.7 Å². The van der Waals surface area contributed by atoms with Gasteiger partial charge in [0, 0.05) is 31.2 Å². The Kier molecular flexibility index (Phi) is 5.38. The maximum absolute atomic E-state index is 9.64. The van der Waals surface area contributed by atoms with Crippen LogP contribution in [0.2, 0.25) is 0 Å². The number of nitrogens with two attached hydrogens (primary N) is 1. The first-order chi connectivity index (χ1) is 14.0. The Morgan fingerprint density at radius 3 is 2.90 bits per heavy atom. The molecule has 1 aliphatic rings. The third-order valence-corrected chi connectivity index (χ3v) is 5.71. The van der Waals surface area contributed by atoms with Gasteiger partial charge in [-0.1, -0.05) is 0 Å². The van der Waals surface area contributed by atoms with Crippen molar-refractivity contribution in [1.29, 1.82) is 5.26 Å². The molecule has 0 radical (unpaired) electrons. The molecular weight excluding hydrogens is 384 g/mol. The second kappa shape index (κ2) is 8.11. The highest BCUT2D eigenvalue weighted by atomic mass is 32.1. The molecule has 4 heterocycles. The molecule has 29 heavy (non-hydrogen) atoms. The van der Waals surface area contributed by atoms with Crippen LogP contribution in [-0.2, 0) is 0 Å². The van der Waals surface area contributed by atoms with Crippen molar-refractivity contribution in [3.05, 3.63) is 35.6 Å². The lowest BCUT2D eigenvalue weighted by Crippen LogP contribution is -2.26. The van der Waals surface area contributed by atoms with Gasteiger partial charge in [-0.05, 0) is 32.5 Å². The molecule has 0 aromatic carbocycles. The van der Waals surface area contributed by atoms with Gasteiger partial charge >= 0.3 is 0 Å². The summed E-state index contributed by atoms with van der Waals surface area (Å²) in [5.74, 6) is 1.40. The number of pyridine rings is 1. The number of hydrogen-bond donors (Lipinski definition) is 1. The van der Waals surface area contributed by atoms with Crippen LogP contribution >= 0.6 is 11.3 Å². The molecule has 1 atom stereocenters. The minimum Gasteiger partial charge on any atom is -0.398 e. The Morgan fingerprint density at radius 1 is 1.31 bits per heavy atom. The molecule has 1 unspecified atom stereocenters. The molecule has 1 aliphatic heterocycles. The van der Waals surface area contributed by atoms with Gasteiger partial charge in [0.2, 0.25) is 0 Å². The summed E-state index contributed by atoms with van der Waals surface area (Å²) in [7, 11) is 4.19. The van der Waals surface area contributed by atoms with Gasteiger partial charge in [-0.3, -0.25) is 4.98 Å². The number of anilines is 2. The van der Waals surface area contributed by atoms with Crippen molar-refractivity contribution in [2.24, 2.45) is 5.92 Å². The number of nitrogens with zero attached hydrogens (tertiary/aromatic N) is 7. The Morgan fingerprint density at radius 2 is 2.17 bits per heavy atom.